The lowest BCUT2D eigenvalue weighted by Gasteiger charge is -2.06. The highest BCUT2D eigenvalue weighted by atomic mass is 79.9. The Balaban J connectivity index is 2.28. The molecule has 0 amide bonds. The van der Waals surface area contributed by atoms with Crippen LogP contribution in [0.2, 0.25) is 0 Å². The van der Waals surface area contributed by atoms with Gasteiger partial charge in [-0.15, -0.1) is 0 Å². The molecule has 9 heteroatoms. The number of non-ortho nitro benzene ring substituents is 1. The molecule has 0 aliphatic heterocycles. The van der Waals surface area contributed by atoms with Crippen LogP contribution in [0.25, 0.3) is 0 Å². The monoisotopic (exact) mass is 343 g/mol. The minimum atomic E-state index is -0.885. The van der Waals surface area contributed by atoms with Gasteiger partial charge in [0.25, 0.3) is 5.69 Å². The van der Waals surface area contributed by atoms with Crippen molar-refractivity contribution in [2.75, 3.05) is 7.11 Å². The number of hydrogen-bond donors (Lipinski definition) is 0. The summed E-state index contributed by atoms with van der Waals surface area (Å²) in [4.78, 5) is 17.5. The van der Waals surface area contributed by atoms with E-state index in [1.165, 1.54) is 13.3 Å². The molecular formula is C11H7BrFN3O4. The van der Waals surface area contributed by atoms with Crippen molar-refractivity contribution < 1.29 is 18.8 Å². The summed E-state index contributed by atoms with van der Waals surface area (Å²) in [5.41, 5.74) is -0.371. The van der Waals surface area contributed by atoms with Crippen LogP contribution in [0, 0.1) is 15.9 Å². The molecular weight excluding hydrogens is 337 g/mol. The van der Waals surface area contributed by atoms with E-state index in [2.05, 4.69) is 25.9 Å². The first-order valence-electron chi connectivity index (χ1n) is 5.19. The van der Waals surface area contributed by atoms with Crippen LogP contribution in [-0.4, -0.2) is 22.0 Å². The standard InChI is InChI=1S/C11H7BrFN3O4/c1-19-10-7(12)5-14-11(15-10)20-9-3-2-6(16(17)18)4-8(9)13/h2-5H,1H3. The van der Waals surface area contributed by atoms with Crippen LogP contribution in [0.4, 0.5) is 10.1 Å². The summed E-state index contributed by atoms with van der Waals surface area (Å²) < 4.78 is 24.2. The van der Waals surface area contributed by atoms with Crippen LogP contribution in [0.5, 0.6) is 17.6 Å². The van der Waals surface area contributed by atoms with E-state index in [1.54, 1.807) is 0 Å². The van der Waals surface area contributed by atoms with Gasteiger partial charge in [0.2, 0.25) is 5.88 Å². The Kier molecular flexibility index (Phi) is 4.08. The molecule has 104 valence electrons. The number of ether oxygens (including phenoxy) is 2. The summed E-state index contributed by atoms with van der Waals surface area (Å²) in [7, 11) is 1.41. The van der Waals surface area contributed by atoms with Crippen LogP contribution in [-0.2, 0) is 0 Å². The zero-order chi connectivity index (χ0) is 14.7. The summed E-state index contributed by atoms with van der Waals surface area (Å²) in [6.07, 6.45) is 1.38. The molecule has 0 bridgehead atoms. The first kappa shape index (κ1) is 14.1. The Hall–Kier alpha value is -2.29. The molecule has 1 aromatic heterocycles. The second kappa shape index (κ2) is 5.78. The van der Waals surface area contributed by atoms with Crippen molar-refractivity contribution in [2.24, 2.45) is 0 Å². The van der Waals surface area contributed by atoms with Gasteiger partial charge in [-0.3, -0.25) is 10.1 Å². The van der Waals surface area contributed by atoms with Crippen LogP contribution >= 0.6 is 15.9 Å². The van der Waals surface area contributed by atoms with E-state index in [1.807, 2.05) is 0 Å². The number of nitrogens with zero attached hydrogens (tertiary/aromatic N) is 3. The fourth-order valence-corrected chi connectivity index (χ4v) is 1.67. The van der Waals surface area contributed by atoms with Gasteiger partial charge < -0.3 is 9.47 Å². The van der Waals surface area contributed by atoms with Gasteiger partial charge >= 0.3 is 6.01 Å². The van der Waals surface area contributed by atoms with Crippen LogP contribution in [0.1, 0.15) is 0 Å². The van der Waals surface area contributed by atoms with Crippen molar-refractivity contribution in [1.29, 1.82) is 0 Å². The zero-order valence-corrected chi connectivity index (χ0v) is 11.6. The Morgan fingerprint density at radius 3 is 2.80 bits per heavy atom. The number of benzene rings is 1. The van der Waals surface area contributed by atoms with Crippen molar-refractivity contribution in [2.45, 2.75) is 0 Å². The van der Waals surface area contributed by atoms with Crippen molar-refractivity contribution in [1.82, 2.24) is 9.97 Å². The lowest BCUT2D eigenvalue weighted by Crippen LogP contribution is -1.97. The minimum Gasteiger partial charge on any atom is -0.480 e. The first-order chi connectivity index (χ1) is 9.51. The van der Waals surface area contributed by atoms with Crippen molar-refractivity contribution in [3.63, 3.8) is 0 Å². The Bertz CT molecular complexity index is 668. The van der Waals surface area contributed by atoms with Crippen molar-refractivity contribution in [3.05, 3.63) is 44.8 Å². The maximum Gasteiger partial charge on any atom is 0.325 e. The Morgan fingerprint density at radius 1 is 1.45 bits per heavy atom. The highest BCUT2D eigenvalue weighted by Gasteiger charge is 2.14. The molecule has 0 radical (unpaired) electrons. The molecule has 0 unspecified atom stereocenters. The molecule has 2 rings (SSSR count). The molecule has 0 saturated carbocycles. The molecule has 0 atom stereocenters. The van der Waals surface area contributed by atoms with E-state index in [0.29, 0.717) is 4.47 Å². The van der Waals surface area contributed by atoms with Gasteiger partial charge in [0.05, 0.1) is 28.8 Å². The normalized spacial score (nSPS) is 10.2. The molecule has 2 aromatic rings. The maximum absolute atomic E-state index is 13.6. The average Bonchev–Trinajstić information content (AvgIpc) is 2.42. The molecule has 0 aliphatic carbocycles. The van der Waals surface area contributed by atoms with Gasteiger partial charge in [-0.05, 0) is 22.0 Å². The number of rotatable bonds is 4. The molecule has 0 saturated heterocycles. The second-order valence-electron chi connectivity index (χ2n) is 3.48. The number of nitro benzene ring substituents is 1. The van der Waals surface area contributed by atoms with Gasteiger partial charge in [-0.25, -0.2) is 9.37 Å². The molecule has 20 heavy (non-hydrogen) atoms. The summed E-state index contributed by atoms with van der Waals surface area (Å²) in [6, 6.07) is 2.86. The molecule has 1 heterocycles. The van der Waals surface area contributed by atoms with Gasteiger partial charge in [0.15, 0.2) is 11.6 Å². The smallest absolute Gasteiger partial charge is 0.325 e. The lowest BCUT2D eigenvalue weighted by molar-refractivity contribution is -0.385. The summed E-state index contributed by atoms with van der Waals surface area (Å²) in [5.74, 6) is -0.887. The van der Waals surface area contributed by atoms with E-state index < -0.39 is 10.7 Å². The largest absolute Gasteiger partial charge is 0.480 e. The Morgan fingerprint density at radius 2 is 2.20 bits per heavy atom. The van der Waals surface area contributed by atoms with E-state index in [9.17, 15) is 14.5 Å². The first-order valence-corrected chi connectivity index (χ1v) is 5.99. The van der Waals surface area contributed by atoms with Gasteiger partial charge in [0, 0.05) is 6.07 Å². The predicted molar refractivity (Wildman–Crippen MR) is 69.4 cm³/mol. The van der Waals surface area contributed by atoms with E-state index >= 15 is 0 Å². The van der Waals surface area contributed by atoms with Crippen LogP contribution < -0.4 is 9.47 Å². The third-order valence-corrected chi connectivity index (χ3v) is 2.75. The van der Waals surface area contributed by atoms with Crippen molar-refractivity contribution in [3.8, 4) is 17.6 Å². The van der Waals surface area contributed by atoms with E-state index in [0.717, 1.165) is 18.2 Å². The maximum atomic E-state index is 13.6. The Labute approximate surface area is 120 Å². The number of halogens is 2. The molecule has 1 aromatic carbocycles. The highest BCUT2D eigenvalue weighted by molar-refractivity contribution is 9.10. The third-order valence-electron chi connectivity index (χ3n) is 2.21. The highest BCUT2D eigenvalue weighted by Crippen LogP contribution is 2.28. The van der Waals surface area contributed by atoms with Gasteiger partial charge in [0.1, 0.15) is 0 Å². The SMILES string of the molecule is COc1nc(Oc2ccc([N+](=O)[O-])cc2F)ncc1Br. The average molecular weight is 344 g/mol. The second-order valence-corrected chi connectivity index (χ2v) is 4.34. The minimum absolute atomic E-state index is 0.141. The third kappa shape index (κ3) is 2.99. The fraction of sp³-hybridized carbons (Fsp3) is 0.0909. The van der Waals surface area contributed by atoms with Crippen LogP contribution in [0.3, 0.4) is 0 Å². The van der Waals surface area contributed by atoms with Gasteiger partial charge in [-0.2, -0.15) is 4.98 Å². The molecule has 0 aliphatic rings. The number of nitro groups is 1. The van der Waals surface area contributed by atoms with E-state index in [4.69, 9.17) is 9.47 Å². The predicted octanol–water partition coefficient (Wildman–Crippen LogP) is 3.09. The summed E-state index contributed by atoms with van der Waals surface area (Å²) in [6.45, 7) is 0. The number of aromatic nitrogens is 2. The number of methoxy groups -OCH3 is 1. The molecule has 0 N–H and O–H groups in total. The lowest BCUT2D eigenvalue weighted by atomic mass is 10.3. The van der Waals surface area contributed by atoms with Gasteiger partial charge in [-0.1, -0.05) is 0 Å². The quantitative estimate of drug-likeness (QED) is 0.626. The zero-order valence-electron chi connectivity index (χ0n) is 10.0. The molecule has 0 spiro atoms. The van der Waals surface area contributed by atoms with Crippen molar-refractivity contribution >= 4 is 21.6 Å². The summed E-state index contributed by atoms with van der Waals surface area (Å²) in [5, 5.41) is 10.5. The number of hydrogen-bond acceptors (Lipinski definition) is 6. The molecule has 0 fully saturated rings. The molecule has 7 nitrogen and oxygen atoms in total. The summed E-state index contributed by atoms with van der Waals surface area (Å²) >= 11 is 3.16. The fourth-order valence-electron chi connectivity index (χ4n) is 1.31. The van der Waals surface area contributed by atoms with E-state index in [-0.39, 0.29) is 23.3 Å². The van der Waals surface area contributed by atoms with Crippen LogP contribution in [0.15, 0.2) is 28.9 Å². The topological polar surface area (TPSA) is 87.4 Å².